The lowest BCUT2D eigenvalue weighted by Gasteiger charge is -2.15. The molecule has 0 saturated carbocycles. The number of para-hydroxylation sites is 1. The molecule has 1 N–H and O–H groups in total. The van der Waals surface area contributed by atoms with Crippen LogP contribution in [0.2, 0.25) is 15.1 Å². The maximum atomic E-state index is 12.8. The first-order valence-electron chi connectivity index (χ1n) is 9.74. The van der Waals surface area contributed by atoms with Gasteiger partial charge in [0.1, 0.15) is 12.2 Å². The second kappa shape index (κ2) is 9.75. The first-order chi connectivity index (χ1) is 15.9. The van der Waals surface area contributed by atoms with Gasteiger partial charge in [-0.25, -0.2) is 5.01 Å². The van der Waals surface area contributed by atoms with E-state index < -0.39 is 11.8 Å². The standard InChI is InChI=1S/C24H17Cl3N2O4/c1-32-21-12-14(10-16-23(30)28-29(24(16)31)15-6-3-2-4-7-15)11-20(27)22(21)33-13-17-18(25)8-5-9-19(17)26/h2-12H,13H2,1H3,(H,28,30)/b16-10-. The molecule has 0 unspecified atom stereocenters. The van der Waals surface area contributed by atoms with Crippen molar-refractivity contribution in [1.29, 1.82) is 0 Å². The molecular weight excluding hydrogens is 487 g/mol. The fraction of sp³-hybridized carbons (Fsp3) is 0.0833. The molecule has 0 aliphatic carbocycles. The Balaban J connectivity index is 1.61. The number of amides is 2. The molecule has 0 atom stereocenters. The molecule has 1 saturated heterocycles. The number of halogens is 3. The molecular formula is C24H17Cl3N2O4. The van der Waals surface area contributed by atoms with Crippen LogP contribution in [0.3, 0.4) is 0 Å². The van der Waals surface area contributed by atoms with Gasteiger partial charge in [-0.3, -0.25) is 15.0 Å². The van der Waals surface area contributed by atoms with Crippen molar-refractivity contribution < 1.29 is 19.1 Å². The van der Waals surface area contributed by atoms with E-state index in [1.54, 1.807) is 54.6 Å². The van der Waals surface area contributed by atoms with E-state index in [9.17, 15) is 9.59 Å². The van der Waals surface area contributed by atoms with E-state index in [4.69, 9.17) is 44.3 Å². The molecule has 0 spiro atoms. The molecule has 168 valence electrons. The minimum Gasteiger partial charge on any atom is -0.493 e. The van der Waals surface area contributed by atoms with Gasteiger partial charge < -0.3 is 9.47 Å². The Morgan fingerprint density at radius 2 is 1.64 bits per heavy atom. The Bertz CT molecular complexity index is 1240. The molecule has 0 radical (unpaired) electrons. The van der Waals surface area contributed by atoms with Crippen molar-refractivity contribution in [2.24, 2.45) is 0 Å². The van der Waals surface area contributed by atoms with Gasteiger partial charge in [0.15, 0.2) is 11.5 Å². The summed E-state index contributed by atoms with van der Waals surface area (Å²) in [4.78, 5) is 25.3. The summed E-state index contributed by atoms with van der Waals surface area (Å²) in [5.74, 6) is -0.392. The van der Waals surface area contributed by atoms with Crippen LogP contribution in [-0.4, -0.2) is 18.9 Å². The highest BCUT2D eigenvalue weighted by molar-refractivity contribution is 6.36. The molecule has 2 amide bonds. The first kappa shape index (κ1) is 23.0. The topological polar surface area (TPSA) is 67.9 Å². The Labute approximate surface area is 205 Å². The zero-order chi connectivity index (χ0) is 23.5. The van der Waals surface area contributed by atoms with Crippen LogP contribution in [0.15, 0.2) is 66.2 Å². The SMILES string of the molecule is COc1cc(/C=C2/C(=O)NN(c3ccccc3)C2=O)cc(Cl)c1OCc1c(Cl)cccc1Cl. The lowest BCUT2D eigenvalue weighted by molar-refractivity contribution is -0.117. The lowest BCUT2D eigenvalue weighted by Crippen LogP contribution is -2.35. The van der Waals surface area contributed by atoms with Gasteiger partial charge in [-0.1, -0.05) is 59.1 Å². The molecule has 3 aromatic rings. The summed E-state index contributed by atoms with van der Waals surface area (Å²) in [5.41, 5.74) is 4.18. The van der Waals surface area contributed by atoms with E-state index >= 15 is 0 Å². The predicted molar refractivity (Wildman–Crippen MR) is 129 cm³/mol. The molecule has 1 fully saturated rings. The summed E-state index contributed by atoms with van der Waals surface area (Å²) >= 11 is 18.9. The zero-order valence-electron chi connectivity index (χ0n) is 17.3. The lowest BCUT2D eigenvalue weighted by atomic mass is 10.1. The van der Waals surface area contributed by atoms with Gasteiger partial charge in [-0.05, 0) is 48.0 Å². The number of nitrogens with one attached hydrogen (secondary N) is 1. The van der Waals surface area contributed by atoms with Crippen LogP contribution in [0, 0.1) is 0 Å². The van der Waals surface area contributed by atoms with E-state index in [1.807, 2.05) is 6.07 Å². The number of hydrogen-bond donors (Lipinski definition) is 1. The van der Waals surface area contributed by atoms with Crippen LogP contribution in [-0.2, 0) is 16.2 Å². The number of ether oxygens (including phenoxy) is 2. The number of hydrogen-bond acceptors (Lipinski definition) is 4. The highest BCUT2D eigenvalue weighted by Gasteiger charge is 2.34. The Kier molecular flexibility index (Phi) is 6.79. The first-order valence-corrected chi connectivity index (χ1v) is 10.9. The van der Waals surface area contributed by atoms with Crippen LogP contribution in [0.5, 0.6) is 11.5 Å². The number of rotatable bonds is 6. The van der Waals surface area contributed by atoms with Gasteiger partial charge in [-0.2, -0.15) is 0 Å². The molecule has 9 heteroatoms. The maximum Gasteiger partial charge on any atom is 0.282 e. The van der Waals surface area contributed by atoms with E-state index in [0.717, 1.165) is 0 Å². The molecule has 0 bridgehead atoms. The van der Waals surface area contributed by atoms with Crippen LogP contribution in [0.1, 0.15) is 11.1 Å². The van der Waals surface area contributed by atoms with Crippen molar-refractivity contribution in [2.45, 2.75) is 6.61 Å². The summed E-state index contributed by atoms with van der Waals surface area (Å²) in [5, 5.41) is 2.35. The van der Waals surface area contributed by atoms with Crippen molar-refractivity contribution in [3.05, 3.63) is 92.4 Å². The van der Waals surface area contributed by atoms with E-state index in [0.29, 0.717) is 32.6 Å². The number of carbonyl (C=O) groups is 2. The molecule has 6 nitrogen and oxygen atoms in total. The molecule has 3 aromatic carbocycles. The molecule has 0 aromatic heterocycles. The molecule has 4 rings (SSSR count). The minimum atomic E-state index is -0.521. The minimum absolute atomic E-state index is 0.0338. The summed E-state index contributed by atoms with van der Waals surface area (Å²) in [6, 6.07) is 17.2. The number of nitrogens with zero attached hydrogens (tertiary/aromatic N) is 1. The van der Waals surface area contributed by atoms with Crippen LogP contribution >= 0.6 is 34.8 Å². The normalized spacial score (nSPS) is 14.5. The van der Waals surface area contributed by atoms with Crippen molar-refractivity contribution in [2.75, 3.05) is 12.1 Å². The molecule has 1 aliphatic rings. The van der Waals surface area contributed by atoms with Gasteiger partial charge in [-0.15, -0.1) is 0 Å². The average Bonchev–Trinajstić information content (AvgIpc) is 3.08. The van der Waals surface area contributed by atoms with Crippen molar-refractivity contribution in [1.82, 2.24) is 5.43 Å². The van der Waals surface area contributed by atoms with Crippen molar-refractivity contribution in [3.63, 3.8) is 0 Å². The number of hydrazine groups is 1. The highest BCUT2D eigenvalue weighted by Crippen LogP contribution is 2.38. The van der Waals surface area contributed by atoms with Crippen LogP contribution in [0.4, 0.5) is 5.69 Å². The number of methoxy groups -OCH3 is 1. The van der Waals surface area contributed by atoms with Crippen molar-refractivity contribution in [3.8, 4) is 11.5 Å². The second-order valence-corrected chi connectivity index (χ2v) is 8.22. The van der Waals surface area contributed by atoms with Crippen molar-refractivity contribution >= 4 is 58.4 Å². The summed E-state index contributed by atoms with van der Waals surface area (Å²) in [6.07, 6.45) is 1.45. The second-order valence-electron chi connectivity index (χ2n) is 7.00. The van der Waals surface area contributed by atoms with Gasteiger partial charge in [0, 0.05) is 15.6 Å². The summed E-state index contributed by atoms with van der Waals surface area (Å²) < 4.78 is 11.3. The molecule has 1 heterocycles. The van der Waals surface area contributed by atoms with Gasteiger partial charge in [0.2, 0.25) is 0 Å². The quantitative estimate of drug-likeness (QED) is 0.346. The Morgan fingerprint density at radius 3 is 2.30 bits per heavy atom. The Hall–Kier alpha value is -3.19. The summed E-state index contributed by atoms with van der Waals surface area (Å²) in [7, 11) is 1.46. The Morgan fingerprint density at radius 1 is 0.939 bits per heavy atom. The monoisotopic (exact) mass is 502 g/mol. The van der Waals surface area contributed by atoms with E-state index in [2.05, 4.69) is 5.43 Å². The largest absolute Gasteiger partial charge is 0.493 e. The molecule has 33 heavy (non-hydrogen) atoms. The fourth-order valence-corrected chi connectivity index (χ4v) is 4.04. The maximum absolute atomic E-state index is 12.8. The number of benzene rings is 3. The third-order valence-corrected chi connectivity index (χ3v) is 5.88. The van der Waals surface area contributed by atoms with Gasteiger partial charge >= 0.3 is 0 Å². The number of anilines is 1. The highest BCUT2D eigenvalue weighted by atomic mass is 35.5. The fourth-order valence-electron chi connectivity index (χ4n) is 3.26. The van der Waals surface area contributed by atoms with E-state index in [-0.39, 0.29) is 23.0 Å². The smallest absolute Gasteiger partial charge is 0.282 e. The summed E-state index contributed by atoms with van der Waals surface area (Å²) in [6.45, 7) is 0.0714. The molecule has 1 aliphatic heterocycles. The van der Waals surface area contributed by atoms with Gasteiger partial charge in [0.25, 0.3) is 11.8 Å². The number of carbonyl (C=O) groups excluding carboxylic acids is 2. The van der Waals surface area contributed by atoms with E-state index in [1.165, 1.54) is 18.2 Å². The van der Waals surface area contributed by atoms with Gasteiger partial charge in [0.05, 0.1) is 17.8 Å². The third kappa shape index (κ3) is 4.78. The van der Waals surface area contributed by atoms with Crippen LogP contribution < -0.4 is 19.9 Å². The average molecular weight is 504 g/mol. The predicted octanol–water partition coefficient (Wildman–Crippen LogP) is 5.70. The van der Waals surface area contributed by atoms with Crippen LogP contribution in [0.25, 0.3) is 6.08 Å². The zero-order valence-corrected chi connectivity index (χ0v) is 19.5. The third-order valence-electron chi connectivity index (χ3n) is 4.89.